The SMILES string of the molecule is O=C(c1cnn(-c2ccc(F)cc2)c1C(F)(F)F)N1CCCC(O)C1. The number of benzene rings is 1. The topological polar surface area (TPSA) is 58.4 Å². The lowest BCUT2D eigenvalue weighted by Crippen LogP contribution is -2.42. The molecule has 1 aliphatic rings. The van der Waals surface area contributed by atoms with Crippen LogP contribution in [0.25, 0.3) is 5.69 Å². The first-order valence-electron chi connectivity index (χ1n) is 7.66. The van der Waals surface area contributed by atoms with Gasteiger partial charge in [0.2, 0.25) is 0 Å². The van der Waals surface area contributed by atoms with Gasteiger partial charge in [0.15, 0.2) is 5.69 Å². The van der Waals surface area contributed by atoms with Crippen molar-refractivity contribution < 1.29 is 27.5 Å². The maximum atomic E-state index is 13.6. The summed E-state index contributed by atoms with van der Waals surface area (Å²) >= 11 is 0. The Morgan fingerprint density at radius 2 is 1.92 bits per heavy atom. The molecule has 0 spiro atoms. The Morgan fingerprint density at radius 1 is 1.24 bits per heavy atom. The van der Waals surface area contributed by atoms with Crippen molar-refractivity contribution in [3.05, 3.63) is 47.5 Å². The van der Waals surface area contributed by atoms with Gasteiger partial charge in [-0.05, 0) is 37.1 Å². The van der Waals surface area contributed by atoms with E-state index in [4.69, 9.17) is 0 Å². The van der Waals surface area contributed by atoms with Gasteiger partial charge in [-0.25, -0.2) is 9.07 Å². The minimum atomic E-state index is -4.83. The molecule has 1 N–H and O–H groups in total. The molecule has 3 rings (SSSR count). The Bertz CT molecular complexity index is 771. The molecule has 1 aromatic heterocycles. The van der Waals surface area contributed by atoms with E-state index in [1.165, 1.54) is 4.90 Å². The number of alkyl halides is 3. The Balaban J connectivity index is 2.02. The van der Waals surface area contributed by atoms with Gasteiger partial charge in [-0.3, -0.25) is 4.79 Å². The van der Waals surface area contributed by atoms with Crippen molar-refractivity contribution in [2.24, 2.45) is 0 Å². The molecule has 134 valence electrons. The number of hydrogen-bond donors (Lipinski definition) is 1. The van der Waals surface area contributed by atoms with Crippen LogP contribution < -0.4 is 0 Å². The summed E-state index contributed by atoms with van der Waals surface area (Å²) in [4.78, 5) is 13.7. The van der Waals surface area contributed by atoms with E-state index in [1.807, 2.05) is 0 Å². The molecule has 9 heteroatoms. The third kappa shape index (κ3) is 3.51. The number of hydrogen-bond acceptors (Lipinski definition) is 3. The highest BCUT2D eigenvalue weighted by molar-refractivity contribution is 5.95. The lowest BCUT2D eigenvalue weighted by Gasteiger charge is -2.30. The number of piperidine rings is 1. The van der Waals surface area contributed by atoms with Crippen LogP contribution in [-0.2, 0) is 6.18 Å². The van der Waals surface area contributed by atoms with E-state index in [1.54, 1.807) is 0 Å². The molecule has 5 nitrogen and oxygen atoms in total. The van der Waals surface area contributed by atoms with Crippen molar-refractivity contribution in [1.82, 2.24) is 14.7 Å². The van der Waals surface area contributed by atoms with Gasteiger partial charge in [-0.2, -0.15) is 18.3 Å². The number of amides is 1. The predicted molar refractivity (Wildman–Crippen MR) is 79.7 cm³/mol. The van der Waals surface area contributed by atoms with Gasteiger partial charge in [0, 0.05) is 13.1 Å². The highest BCUT2D eigenvalue weighted by atomic mass is 19.4. The second kappa shape index (κ2) is 6.47. The number of aliphatic hydroxyl groups is 1. The van der Waals surface area contributed by atoms with Gasteiger partial charge < -0.3 is 10.0 Å². The van der Waals surface area contributed by atoms with Crippen LogP contribution in [0, 0.1) is 5.82 Å². The molecule has 1 atom stereocenters. The third-order valence-corrected chi connectivity index (χ3v) is 4.02. The van der Waals surface area contributed by atoms with Gasteiger partial charge in [0.1, 0.15) is 5.82 Å². The largest absolute Gasteiger partial charge is 0.434 e. The predicted octanol–water partition coefficient (Wildman–Crippen LogP) is 2.63. The number of aromatic nitrogens is 2. The first-order chi connectivity index (χ1) is 11.8. The summed E-state index contributed by atoms with van der Waals surface area (Å²) in [6.45, 7) is 0.257. The number of rotatable bonds is 2. The minimum absolute atomic E-state index is 0.00791. The van der Waals surface area contributed by atoms with Gasteiger partial charge in [0.25, 0.3) is 5.91 Å². The summed E-state index contributed by atoms with van der Waals surface area (Å²) in [6, 6.07) is 4.33. The molecule has 0 saturated carbocycles. The normalized spacial score (nSPS) is 18.4. The zero-order valence-electron chi connectivity index (χ0n) is 13.0. The lowest BCUT2D eigenvalue weighted by molar-refractivity contribution is -0.143. The number of aliphatic hydroxyl groups excluding tert-OH is 1. The van der Waals surface area contributed by atoms with Crippen molar-refractivity contribution in [2.75, 3.05) is 13.1 Å². The maximum Gasteiger partial charge on any atom is 0.434 e. The van der Waals surface area contributed by atoms with Crippen LogP contribution in [0.15, 0.2) is 30.5 Å². The number of likely N-dealkylation sites (tertiary alicyclic amines) is 1. The van der Waals surface area contributed by atoms with E-state index in [0.29, 0.717) is 17.5 Å². The van der Waals surface area contributed by atoms with Gasteiger partial charge in [-0.1, -0.05) is 0 Å². The molecule has 1 saturated heterocycles. The van der Waals surface area contributed by atoms with Crippen LogP contribution >= 0.6 is 0 Å². The van der Waals surface area contributed by atoms with E-state index in [9.17, 15) is 27.5 Å². The average molecular weight is 357 g/mol. The highest BCUT2D eigenvalue weighted by Crippen LogP contribution is 2.34. The molecule has 2 aromatic rings. The molecular formula is C16H15F4N3O2. The maximum absolute atomic E-state index is 13.6. The summed E-state index contributed by atoms with van der Waals surface area (Å²) in [5, 5.41) is 13.3. The van der Waals surface area contributed by atoms with Crippen molar-refractivity contribution >= 4 is 5.91 Å². The fourth-order valence-electron chi connectivity index (χ4n) is 2.87. The zero-order valence-corrected chi connectivity index (χ0v) is 13.0. The molecule has 2 heterocycles. The zero-order chi connectivity index (χ0) is 18.2. The molecule has 0 aliphatic carbocycles. The van der Waals surface area contributed by atoms with Gasteiger partial charge in [-0.15, -0.1) is 0 Å². The highest BCUT2D eigenvalue weighted by Gasteiger charge is 2.41. The summed E-state index contributed by atoms with van der Waals surface area (Å²) in [5.41, 5.74) is -1.82. The third-order valence-electron chi connectivity index (χ3n) is 4.02. The van der Waals surface area contributed by atoms with Crippen LogP contribution in [0.1, 0.15) is 28.9 Å². The molecule has 1 unspecified atom stereocenters. The van der Waals surface area contributed by atoms with Crippen molar-refractivity contribution in [1.29, 1.82) is 0 Å². The monoisotopic (exact) mass is 357 g/mol. The number of nitrogens with zero attached hydrogens (tertiary/aromatic N) is 3. The molecule has 1 aliphatic heterocycles. The summed E-state index contributed by atoms with van der Waals surface area (Å²) < 4.78 is 54.3. The minimum Gasteiger partial charge on any atom is -0.391 e. The van der Waals surface area contributed by atoms with E-state index in [0.717, 1.165) is 30.5 Å². The quantitative estimate of drug-likeness (QED) is 0.841. The first kappa shape index (κ1) is 17.4. The van der Waals surface area contributed by atoms with Crippen molar-refractivity contribution in [2.45, 2.75) is 25.1 Å². The van der Waals surface area contributed by atoms with E-state index in [-0.39, 0.29) is 18.8 Å². The Morgan fingerprint density at radius 3 is 2.52 bits per heavy atom. The van der Waals surface area contributed by atoms with E-state index in [2.05, 4.69) is 5.10 Å². The van der Waals surface area contributed by atoms with Crippen LogP contribution in [0.4, 0.5) is 17.6 Å². The molecule has 0 bridgehead atoms. The molecule has 1 aromatic carbocycles. The number of halogens is 4. The average Bonchev–Trinajstić information content (AvgIpc) is 3.00. The second-order valence-electron chi connectivity index (χ2n) is 5.84. The molecule has 1 fully saturated rings. The number of β-amino-alcohol motifs (C(OH)–C–C–N with tert-alkyl or cyclic N) is 1. The van der Waals surface area contributed by atoms with E-state index < -0.39 is 35.3 Å². The standard InChI is InChI=1S/C16H15F4N3O2/c17-10-3-5-11(6-4-10)23-14(16(18,19)20)13(8-21-23)15(25)22-7-1-2-12(24)9-22/h3-6,8,12,24H,1-2,7,9H2. The first-order valence-corrected chi connectivity index (χ1v) is 7.66. The number of carbonyl (C=O) groups excluding carboxylic acids is 1. The summed E-state index contributed by atoms with van der Waals surface area (Å²) in [7, 11) is 0. The van der Waals surface area contributed by atoms with Crippen molar-refractivity contribution in [3.63, 3.8) is 0 Å². The van der Waals surface area contributed by atoms with Crippen LogP contribution in [0.3, 0.4) is 0 Å². The number of carbonyl (C=O) groups is 1. The van der Waals surface area contributed by atoms with Gasteiger partial charge >= 0.3 is 6.18 Å². The van der Waals surface area contributed by atoms with Crippen LogP contribution in [-0.4, -0.2) is 44.9 Å². The van der Waals surface area contributed by atoms with E-state index >= 15 is 0 Å². The lowest BCUT2D eigenvalue weighted by atomic mass is 10.1. The fraction of sp³-hybridized carbons (Fsp3) is 0.375. The van der Waals surface area contributed by atoms with Crippen LogP contribution in [0.5, 0.6) is 0 Å². The smallest absolute Gasteiger partial charge is 0.391 e. The molecule has 0 radical (unpaired) electrons. The molecular weight excluding hydrogens is 342 g/mol. The molecule has 1 amide bonds. The Hall–Kier alpha value is -2.42. The van der Waals surface area contributed by atoms with Gasteiger partial charge in [0.05, 0.1) is 23.6 Å². The molecule has 25 heavy (non-hydrogen) atoms. The van der Waals surface area contributed by atoms with Crippen LogP contribution in [0.2, 0.25) is 0 Å². The van der Waals surface area contributed by atoms with Crippen molar-refractivity contribution in [3.8, 4) is 5.69 Å². The summed E-state index contributed by atoms with van der Waals surface area (Å²) in [5.74, 6) is -1.43. The second-order valence-corrected chi connectivity index (χ2v) is 5.84. The Labute approximate surface area is 140 Å². The fourth-order valence-corrected chi connectivity index (χ4v) is 2.87. The Kier molecular flexibility index (Phi) is 4.51. The summed E-state index contributed by atoms with van der Waals surface area (Å²) in [6.07, 6.45) is -3.70.